The summed E-state index contributed by atoms with van der Waals surface area (Å²) in [5, 5.41) is 10.7. The Morgan fingerprint density at radius 3 is 2.85 bits per heavy atom. The summed E-state index contributed by atoms with van der Waals surface area (Å²) in [4.78, 5) is 0. The predicted octanol–water partition coefficient (Wildman–Crippen LogP) is 1.98. The zero-order valence-corrected chi connectivity index (χ0v) is 7.92. The minimum absolute atomic E-state index is 0.553. The van der Waals surface area contributed by atoms with Crippen LogP contribution in [-0.2, 0) is 0 Å². The second-order valence-electron chi connectivity index (χ2n) is 3.64. The van der Waals surface area contributed by atoms with Crippen molar-refractivity contribution in [1.29, 1.82) is 0 Å². The number of rotatable bonds is 4. The van der Waals surface area contributed by atoms with Crippen molar-refractivity contribution < 1.29 is 4.42 Å². The van der Waals surface area contributed by atoms with Crippen molar-refractivity contribution in [2.24, 2.45) is 5.92 Å². The maximum Gasteiger partial charge on any atom is 0.315 e. The van der Waals surface area contributed by atoms with E-state index in [0.717, 1.165) is 12.5 Å². The molecule has 0 bridgehead atoms. The fourth-order valence-electron chi connectivity index (χ4n) is 1.53. The Kier molecular flexibility index (Phi) is 2.47. The molecular formula is C9H15N3O. The third-order valence-corrected chi connectivity index (χ3v) is 2.58. The maximum absolute atomic E-state index is 5.18. The van der Waals surface area contributed by atoms with Crippen molar-refractivity contribution in [1.82, 2.24) is 10.2 Å². The van der Waals surface area contributed by atoms with Gasteiger partial charge in [0.15, 0.2) is 0 Å². The second-order valence-corrected chi connectivity index (χ2v) is 3.64. The second kappa shape index (κ2) is 3.77. The molecule has 13 heavy (non-hydrogen) atoms. The number of nitrogens with zero attached hydrogens (tertiary/aromatic N) is 2. The van der Waals surface area contributed by atoms with Gasteiger partial charge in [-0.15, -0.1) is 5.10 Å². The molecule has 4 nitrogen and oxygen atoms in total. The molecule has 4 heteroatoms. The van der Waals surface area contributed by atoms with E-state index >= 15 is 0 Å². The lowest BCUT2D eigenvalue weighted by Gasteiger charge is -2.24. The first-order chi connectivity index (χ1) is 6.34. The van der Waals surface area contributed by atoms with Crippen molar-refractivity contribution in [2.75, 3.05) is 11.9 Å². The Morgan fingerprint density at radius 2 is 2.31 bits per heavy atom. The normalized spacial score (nSPS) is 17.0. The third kappa shape index (κ3) is 2.20. The summed E-state index contributed by atoms with van der Waals surface area (Å²) in [6, 6.07) is 0.553. The number of hydrogen-bond donors (Lipinski definition) is 1. The molecule has 0 spiro atoms. The molecule has 1 N–H and O–H groups in total. The summed E-state index contributed by atoms with van der Waals surface area (Å²) < 4.78 is 5.18. The van der Waals surface area contributed by atoms with Gasteiger partial charge in [0.25, 0.3) is 0 Å². The molecule has 0 unspecified atom stereocenters. The van der Waals surface area contributed by atoms with Crippen LogP contribution in [0.4, 0.5) is 6.01 Å². The molecule has 0 aliphatic heterocycles. The minimum Gasteiger partial charge on any atom is -0.408 e. The molecule has 1 aromatic rings. The average Bonchev–Trinajstić information content (AvgIpc) is 2.42. The Morgan fingerprint density at radius 1 is 1.46 bits per heavy atom. The molecule has 1 aliphatic rings. The lowest BCUT2D eigenvalue weighted by molar-refractivity contribution is 0.302. The monoisotopic (exact) mass is 181 g/mol. The van der Waals surface area contributed by atoms with Crippen LogP contribution < -0.4 is 5.32 Å². The van der Waals surface area contributed by atoms with Gasteiger partial charge in [0, 0.05) is 13.5 Å². The van der Waals surface area contributed by atoms with Crippen LogP contribution in [0.25, 0.3) is 0 Å². The molecule has 0 saturated heterocycles. The summed E-state index contributed by atoms with van der Waals surface area (Å²) in [6.07, 6.45) is 5.42. The Bertz CT molecular complexity index is 268. The van der Waals surface area contributed by atoms with E-state index in [1.807, 2.05) is 0 Å². The molecule has 1 fully saturated rings. The fourth-order valence-corrected chi connectivity index (χ4v) is 1.53. The summed E-state index contributed by atoms with van der Waals surface area (Å²) in [5.41, 5.74) is 0. The summed E-state index contributed by atoms with van der Waals surface area (Å²) in [6.45, 7) is 2.75. The molecule has 0 atom stereocenters. The van der Waals surface area contributed by atoms with E-state index in [-0.39, 0.29) is 0 Å². The van der Waals surface area contributed by atoms with E-state index in [9.17, 15) is 0 Å². The number of nitrogens with one attached hydrogen (secondary N) is 1. The van der Waals surface area contributed by atoms with Crippen LogP contribution in [0.15, 0.2) is 4.42 Å². The molecule has 1 aliphatic carbocycles. The van der Waals surface area contributed by atoms with Crippen molar-refractivity contribution in [2.45, 2.75) is 32.6 Å². The van der Waals surface area contributed by atoms with E-state index < -0.39 is 0 Å². The highest BCUT2D eigenvalue weighted by Gasteiger charge is 2.16. The van der Waals surface area contributed by atoms with E-state index in [1.54, 1.807) is 6.92 Å². The Labute approximate surface area is 77.7 Å². The van der Waals surface area contributed by atoms with Gasteiger partial charge in [0.2, 0.25) is 5.89 Å². The summed E-state index contributed by atoms with van der Waals surface area (Å²) in [5.74, 6) is 1.54. The van der Waals surface area contributed by atoms with E-state index in [1.165, 1.54) is 25.7 Å². The van der Waals surface area contributed by atoms with Gasteiger partial charge < -0.3 is 9.73 Å². The lowest BCUT2D eigenvalue weighted by atomic mass is 9.83. The Balaban J connectivity index is 1.67. The van der Waals surface area contributed by atoms with Gasteiger partial charge in [-0.3, -0.25) is 0 Å². The lowest BCUT2D eigenvalue weighted by Crippen LogP contribution is -2.15. The number of hydrogen-bond acceptors (Lipinski definition) is 4. The van der Waals surface area contributed by atoms with Crippen molar-refractivity contribution in [3.8, 4) is 0 Å². The SMILES string of the molecule is Cc1nnc(NCCC2CCC2)o1. The highest BCUT2D eigenvalue weighted by Crippen LogP contribution is 2.28. The van der Waals surface area contributed by atoms with Gasteiger partial charge in [0.1, 0.15) is 0 Å². The third-order valence-electron chi connectivity index (χ3n) is 2.58. The van der Waals surface area contributed by atoms with Crippen LogP contribution in [0, 0.1) is 12.8 Å². The first-order valence-electron chi connectivity index (χ1n) is 4.88. The van der Waals surface area contributed by atoms with Gasteiger partial charge in [-0.25, -0.2) is 0 Å². The number of anilines is 1. The molecule has 2 rings (SSSR count). The van der Waals surface area contributed by atoms with Gasteiger partial charge in [-0.2, -0.15) is 0 Å². The van der Waals surface area contributed by atoms with Crippen LogP contribution in [0.1, 0.15) is 31.6 Å². The number of aryl methyl sites for hydroxylation is 1. The minimum atomic E-state index is 0.553. The Hall–Kier alpha value is -1.06. The molecule has 0 amide bonds. The van der Waals surface area contributed by atoms with Gasteiger partial charge in [0.05, 0.1) is 0 Å². The molecule has 1 heterocycles. The predicted molar refractivity (Wildman–Crippen MR) is 49.5 cm³/mol. The van der Waals surface area contributed by atoms with Crippen LogP contribution >= 0.6 is 0 Å². The highest BCUT2D eigenvalue weighted by atomic mass is 16.4. The van der Waals surface area contributed by atoms with Crippen LogP contribution in [0.5, 0.6) is 0 Å². The van der Waals surface area contributed by atoms with Crippen LogP contribution in [0.2, 0.25) is 0 Å². The topological polar surface area (TPSA) is 51.0 Å². The average molecular weight is 181 g/mol. The largest absolute Gasteiger partial charge is 0.408 e. The zero-order chi connectivity index (χ0) is 9.10. The molecule has 0 radical (unpaired) electrons. The van der Waals surface area contributed by atoms with Gasteiger partial charge in [-0.05, 0) is 12.3 Å². The standard InChI is InChI=1S/C9H15N3O/c1-7-11-12-9(13-7)10-6-5-8-3-2-4-8/h8H,2-6H2,1H3,(H,10,12). The molecule has 1 saturated carbocycles. The highest BCUT2D eigenvalue weighted by molar-refractivity contribution is 5.16. The summed E-state index contributed by atoms with van der Waals surface area (Å²) in [7, 11) is 0. The number of aromatic nitrogens is 2. The molecule has 0 aromatic carbocycles. The molecular weight excluding hydrogens is 166 g/mol. The van der Waals surface area contributed by atoms with Crippen LogP contribution in [-0.4, -0.2) is 16.7 Å². The quantitative estimate of drug-likeness (QED) is 0.771. The van der Waals surface area contributed by atoms with Gasteiger partial charge >= 0.3 is 6.01 Å². The maximum atomic E-state index is 5.18. The smallest absolute Gasteiger partial charge is 0.315 e. The zero-order valence-electron chi connectivity index (χ0n) is 7.92. The fraction of sp³-hybridized carbons (Fsp3) is 0.778. The molecule has 1 aromatic heterocycles. The summed E-state index contributed by atoms with van der Waals surface area (Å²) >= 11 is 0. The van der Waals surface area contributed by atoms with Crippen LogP contribution in [0.3, 0.4) is 0 Å². The van der Waals surface area contributed by atoms with E-state index in [2.05, 4.69) is 15.5 Å². The molecule has 72 valence electrons. The first-order valence-corrected chi connectivity index (χ1v) is 4.88. The first kappa shape index (κ1) is 8.53. The van der Waals surface area contributed by atoms with Crippen molar-refractivity contribution in [3.63, 3.8) is 0 Å². The van der Waals surface area contributed by atoms with Gasteiger partial charge in [-0.1, -0.05) is 24.4 Å². The van der Waals surface area contributed by atoms with E-state index in [0.29, 0.717) is 11.9 Å². The van der Waals surface area contributed by atoms with E-state index in [4.69, 9.17) is 4.42 Å². The van der Waals surface area contributed by atoms with Crippen molar-refractivity contribution >= 4 is 6.01 Å². The van der Waals surface area contributed by atoms with Crippen molar-refractivity contribution in [3.05, 3.63) is 5.89 Å².